The molecule has 37 heavy (non-hydrogen) atoms. The number of furan rings is 1. The van der Waals surface area contributed by atoms with E-state index in [9.17, 15) is 14.7 Å². The molecule has 3 aromatic rings. The summed E-state index contributed by atoms with van der Waals surface area (Å²) in [6, 6.07) is 13.5. The summed E-state index contributed by atoms with van der Waals surface area (Å²) in [5.74, 6) is -0.532. The molecule has 1 aliphatic rings. The van der Waals surface area contributed by atoms with Gasteiger partial charge in [0.2, 0.25) is 5.78 Å². The van der Waals surface area contributed by atoms with Crippen LogP contribution in [0.4, 0.5) is 0 Å². The average molecular weight is 507 g/mol. The fourth-order valence-corrected chi connectivity index (χ4v) is 4.50. The van der Waals surface area contributed by atoms with Crippen molar-refractivity contribution in [2.24, 2.45) is 0 Å². The van der Waals surface area contributed by atoms with Crippen LogP contribution in [0.3, 0.4) is 0 Å². The second kappa shape index (κ2) is 11.5. The van der Waals surface area contributed by atoms with Gasteiger partial charge < -0.3 is 28.8 Å². The van der Waals surface area contributed by atoms with Crippen LogP contribution < -0.4 is 9.47 Å². The Kier molecular flexibility index (Phi) is 8.18. The van der Waals surface area contributed by atoms with Crippen molar-refractivity contribution in [1.82, 2.24) is 9.80 Å². The molecule has 1 aromatic heterocycles. The van der Waals surface area contributed by atoms with Crippen molar-refractivity contribution in [2.45, 2.75) is 32.2 Å². The van der Waals surface area contributed by atoms with Gasteiger partial charge in [-0.05, 0) is 50.3 Å². The molecular formula is C29H34N2O6. The van der Waals surface area contributed by atoms with Gasteiger partial charge in [0.1, 0.15) is 5.58 Å². The molecule has 1 unspecified atom stereocenters. The maximum Gasteiger partial charge on any atom is 0.290 e. The molecule has 0 bridgehead atoms. The number of para-hydroxylation sites is 1. The molecule has 0 spiro atoms. The molecule has 4 rings (SSSR count). The number of ketones is 1. The summed E-state index contributed by atoms with van der Waals surface area (Å²) in [4.78, 5) is 30.4. The highest BCUT2D eigenvalue weighted by atomic mass is 16.5. The predicted molar refractivity (Wildman–Crippen MR) is 141 cm³/mol. The Morgan fingerprint density at radius 1 is 1.11 bits per heavy atom. The third kappa shape index (κ3) is 5.49. The zero-order chi connectivity index (χ0) is 26.5. The number of benzene rings is 2. The number of nitrogens with zero attached hydrogens (tertiary/aromatic N) is 2. The Balaban J connectivity index is 1.73. The van der Waals surface area contributed by atoms with Crippen molar-refractivity contribution in [3.63, 3.8) is 0 Å². The number of ether oxygens (including phenoxy) is 2. The molecule has 196 valence electrons. The van der Waals surface area contributed by atoms with Crippen molar-refractivity contribution in [1.29, 1.82) is 0 Å². The Morgan fingerprint density at radius 2 is 1.89 bits per heavy atom. The van der Waals surface area contributed by atoms with Crippen molar-refractivity contribution in [2.75, 3.05) is 40.9 Å². The van der Waals surface area contributed by atoms with Gasteiger partial charge in [-0.3, -0.25) is 9.59 Å². The molecule has 1 atom stereocenters. The first-order valence-corrected chi connectivity index (χ1v) is 12.6. The van der Waals surface area contributed by atoms with Gasteiger partial charge in [-0.25, -0.2) is 0 Å². The maximum absolute atomic E-state index is 13.7. The van der Waals surface area contributed by atoms with E-state index in [2.05, 4.69) is 6.92 Å². The molecule has 1 aliphatic heterocycles. The fraction of sp³-hybridized carbons (Fsp3) is 0.379. The molecule has 8 heteroatoms. The van der Waals surface area contributed by atoms with Gasteiger partial charge in [-0.15, -0.1) is 0 Å². The second-order valence-electron chi connectivity index (χ2n) is 9.41. The van der Waals surface area contributed by atoms with Crippen LogP contribution in [0.2, 0.25) is 0 Å². The second-order valence-corrected chi connectivity index (χ2v) is 9.41. The summed E-state index contributed by atoms with van der Waals surface area (Å²) in [5.41, 5.74) is 1.18. The number of fused-ring (bicyclic) bond motifs is 1. The van der Waals surface area contributed by atoms with E-state index in [-0.39, 0.29) is 11.3 Å². The van der Waals surface area contributed by atoms with Crippen LogP contribution in [0.15, 0.2) is 64.3 Å². The SMILES string of the molecule is CCCCCOc1ccc(C2C(C(=O)c3cc4ccccc4o3)=C(O)C(=O)N2CCN(C)C)cc1OC. The lowest BCUT2D eigenvalue weighted by atomic mass is 9.94. The largest absolute Gasteiger partial charge is 0.503 e. The number of hydrogen-bond acceptors (Lipinski definition) is 7. The number of hydrogen-bond donors (Lipinski definition) is 1. The summed E-state index contributed by atoms with van der Waals surface area (Å²) in [6.07, 6.45) is 3.10. The maximum atomic E-state index is 13.7. The van der Waals surface area contributed by atoms with Crippen molar-refractivity contribution >= 4 is 22.7 Å². The number of aliphatic hydroxyl groups is 1. The first-order valence-electron chi connectivity index (χ1n) is 12.6. The number of carbonyl (C=O) groups is 2. The highest BCUT2D eigenvalue weighted by Gasteiger charge is 2.44. The van der Waals surface area contributed by atoms with Gasteiger partial charge in [-0.1, -0.05) is 44.0 Å². The summed E-state index contributed by atoms with van der Waals surface area (Å²) >= 11 is 0. The smallest absolute Gasteiger partial charge is 0.290 e. The molecule has 8 nitrogen and oxygen atoms in total. The van der Waals surface area contributed by atoms with E-state index >= 15 is 0 Å². The van der Waals surface area contributed by atoms with Crippen LogP contribution in [-0.2, 0) is 4.79 Å². The summed E-state index contributed by atoms with van der Waals surface area (Å²) in [7, 11) is 5.35. The fourth-order valence-electron chi connectivity index (χ4n) is 4.50. The van der Waals surface area contributed by atoms with E-state index in [0.717, 1.165) is 24.6 Å². The van der Waals surface area contributed by atoms with Crippen molar-refractivity contribution in [3.05, 3.63) is 71.2 Å². The van der Waals surface area contributed by atoms with Crippen molar-refractivity contribution < 1.29 is 28.6 Å². The van der Waals surface area contributed by atoms with Gasteiger partial charge >= 0.3 is 0 Å². The number of carbonyl (C=O) groups excluding carboxylic acids is 2. The molecule has 0 radical (unpaired) electrons. The average Bonchev–Trinajstić information content (AvgIpc) is 3.44. The van der Waals surface area contributed by atoms with E-state index in [0.29, 0.717) is 42.3 Å². The highest BCUT2D eigenvalue weighted by Crippen LogP contribution is 2.42. The first kappa shape index (κ1) is 26.3. The minimum Gasteiger partial charge on any atom is -0.503 e. The quantitative estimate of drug-likeness (QED) is 0.268. The molecule has 0 saturated carbocycles. The Hall–Kier alpha value is -3.78. The Morgan fingerprint density at radius 3 is 2.59 bits per heavy atom. The molecule has 0 saturated heterocycles. The minimum atomic E-state index is -0.809. The number of Topliss-reactive ketones (excluding diaryl/α,β-unsaturated/α-hetero) is 1. The predicted octanol–water partition coefficient (Wildman–Crippen LogP) is 5.15. The van der Waals surface area contributed by atoms with E-state index in [1.165, 1.54) is 4.90 Å². The normalized spacial score (nSPS) is 15.8. The molecule has 2 heterocycles. The molecule has 0 fully saturated rings. The van der Waals surface area contributed by atoms with Crippen LogP contribution in [0.5, 0.6) is 11.5 Å². The van der Waals surface area contributed by atoms with Crippen LogP contribution in [0, 0.1) is 0 Å². The Bertz CT molecular complexity index is 1280. The van der Waals surface area contributed by atoms with E-state index in [1.54, 1.807) is 31.4 Å². The lowest BCUT2D eigenvalue weighted by molar-refractivity contribution is -0.129. The van der Waals surface area contributed by atoms with Crippen LogP contribution in [0.1, 0.15) is 48.3 Å². The summed E-state index contributed by atoms with van der Waals surface area (Å²) < 4.78 is 17.3. The number of rotatable bonds is 12. The number of methoxy groups -OCH3 is 1. The topological polar surface area (TPSA) is 92.5 Å². The third-order valence-corrected chi connectivity index (χ3v) is 6.49. The molecule has 2 aromatic carbocycles. The lowest BCUT2D eigenvalue weighted by Gasteiger charge is -2.28. The van der Waals surface area contributed by atoms with Gasteiger partial charge in [-0.2, -0.15) is 0 Å². The highest BCUT2D eigenvalue weighted by molar-refractivity contribution is 6.16. The molecule has 1 amide bonds. The number of likely N-dealkylation sites (N-methyl/N-ethyl adjacent to an activating group) is 1. The molecular weight excluding hydrogens is 472 g/mol. The number of aliphatic hydroxyl groups excluding tert-OH is 1. The van der Waals surface area contributed by atoms with Gasteiger partial charge in [0.25, 0.3) is 5.91 Å². The first-order chi connectivity index (χ1) is 17.8. The molecule has 1 N–H and O–H groups in total. The summed E-state index contributed by atoms with van der Waals surface area (Å²) in [5, 5.41) is 11.7. The molecule has 0 aliphatic carbocycles. The lowest BCUT2D eigenvalue weighted by Crippen LogP contribution is -2.36. The third-order valence-electron chi connectivity index (χ3n) is 6.49. The summed E-state index contributed by atoms with van der Waals surface area (Å²) in [6.45, 7) is 3.57. The van der Waals surface area contributed by atoms with E-state index < -0.39 is 23.5 Å². The van der Waals surface area contributed by atoms with Crippen LogP contribution >= 0.6 is 0 Å². The van der Waals surface area contributed by atoms with Gasteiger partial charge in [0.05, 0.1) is 25.3 Å². The van der Waals surface area contributed by atoms with E-state index in [4.69, 9.17) is 13.9 Å². The van der Waals surface area contributed by atoms with Gasteiger partial charge in [0, 0.05) is 18.5 Å². The van der Waals surface area contributed by atoms with Crippen molar-refractivity contribution in [3.8, 4) is 11.5 Å². The monoisotopic (exact) mass is 506 g/mol. The zero-order valence-electron chi connectivity index (χ0n) is 21.8. The zero-order valence-corrected chi connectivity index (χ0v) is 21.8. The standard InChI is InChI=1S/C29H34N2O6/c1-5-6-9-16-36-22-13-12-20(18-23(22)35-4)26-25(28(33)29(34)31(26)15-14-30(2)3)27(32)24-17-19-10-7-8-11-21(19)37-24/h7-8,10-13,17-18,26,33H,5-6,9,14-16H2,1-4H3. The van der Waals surface area contributed by atoms with Crippen LogP contribution in [-0.4, -0.2) is 67.5 Å². The number of amides is 1. The van der Waals surface area contributed by atoms with E-state index in [1.807, 2.05) is 43.3 Å². The van der Waals surface area contributed by atoms with Gasteiger partial charge in [0.15, 0.2) is 23.0 Å². The Labute approximate surface area is 217 Å². The minimum absolute atomic E-state index is 0.0125. The van der Waals surface area contributed by atoms with Crippen LogP contribution in [0.25, 0.3) is 11.0 Å². The number of unbranched alkanes of at least 4 members (excludes halogenated alkanes) is 2.